The average molecular weight is 517 g/mol. The van der Waals surface area contributed by atoms with E-state index >= 15 is 0 Å². The maximum absolute atomic E-state index is 13.2. The van der Waals surface area contributed by atoms with Gasteiger partial charge in [0.05, 0.1) is 33.1 Å². The third-order valence-corrected chi connectivity index (χ3v) is 7.35. The van der Waals surface area contributed by atoms with Crippen LogP contribution in [0.4, 0.5) is 0 Å². The first-order valence-electron chi connectivity index (χ1n) is 12.8. The van der Waals surface area contributed by atoms with Crippen molar-refractivity contribution in [2.75, 3.05) is 13.1 Å². The van der Waals surface area contributed by atoms with Crippen molar-refractivity contribution >= 4 is 17.5 Å². The molecule has 7 heteroatoms. The van der Waals surface area contributed by atoms with Gasteiger partial charge in [-0.25, -0.2) is 9.97 Å². The van der Waals surface area contributed by atoms with Crippen molar-refractivity contribution in [1.82, 2.24) is 19.9 Å². The Morgan fingerprint density at radius 1 is 1.08 bits per heavy atom. The summed E-state index contributed by atoms with van der Waals surface area (Å²) < 4.78 is 0. The lowest BCUT2D eigenvalue weighted by molar-refractivity contribution is -0.0108. The predicted octanol–water partition coefficient (Wildman–Crippen LogP) is 5.34. The van der Waals surface area contributed by atoms with E-state index in [4.69, 9.17) is 11.6 Å². The number of piperidine rings is 1. The molecule has 0 unspecified atom stereocenters. The molecule has 3 heterocycles. The van der Waals surface area contributed by atoms with Crippen LogP contribution in [0.5, 0.6) is 0 Å². The largest absolute Gasteiger partial charge is 0.390 e. The Labute approximate surface area is 224 Å². The molecular formula is C30H33ClN4O2. The topological polar surface area (TPSA) is 79.2 Å². The lowest BCUT2D eigenvalue weighted by Gasteiger charge is -2.37. The molecule has 1 fully saturated rings. The zero-order valence-corrected chi connectivity index (χ0v) is 22.6. The highest BCUT2D eigenvalue weighted by molar-refractivity contribution is 6.34. The van der Waals surface area contributed by atoms with Gasteiger partial charge < -0.3 is 10.0 Å². The van der Waals surface area contributed by atoms with Crippen LogP contribution >= 0.6 is 11.6 Å². The highest BCUT2D eigenvalue weighted by atomic mass is 35.5. The molecule has 0 saturated carbocycles. The van der Waals surface area contributed by atoms with Gasteiger partial charge in [0, 0.05) is 36.1 Å². The maximum Gasteiger partial charge on any atom is 0.255 e. The van der Waals surface area contributed by atoms with Gasteiger partial charge in [-0.2, -0.15) is 0 Å². The first-order valence-corrected chi connectivity index (χ1v) is 13.2. The number of amides is 1. The minimum Gasteiger partial charge on any atom is -0.390 e. The van der Waals surface area contributed by atoms with Gasteiger partial charge in [0.15, 0.2) is 0 Å². The summed E-state index contributed by atoms with van der Waals surface area (Å²) in [4.78, 5) is 28.4. The number of carbonyl (C=O) groups is 1. The Morgan fingerprint density at radius 2 is 1.84 bits per heavy atom. The lowest BCUT2D eigenvalue weighted by atomic mass is 9.83. The number of aliphatic hydroxyl groups is 1. The van der Waals surface area contributed by atoms with Crippen LogP contribution in [0.1, 0.15) is 73.4 Å². The Kier molecular flexibility index (Phi) is 8.26. The highest BCUT2D eigenvalue weighted by Gasteiger charge is 2.32. The normalized spacial score (nSPS) is 14.3. The van der Waals surface area contributed by atoms with Gasteiger partial charge in [-0.05, 0) is 69.7 Å². The second-order valence-corrected chi connectivity index (χ2v) is 10.4. The number of benzene rings is 1. The molecule has 3 aromatic rings. The van der Waals surface area contributed by atoms with Crippen LogP contribution in [-0.4, -0.2) is 49.6 Å². The molecule has 0 bridgehead atoms. The van der Waals surface area contributed by atoms with E-state index in [1.54, 1.807) is 18.3 Å². The fourth-order valence-electron chi connectivity index (χ4n) is 4.68. The summed E-state index contributed by atoms with van der Waals surface area (Å²) in [5, 5.41) is 10.7. The van der Waals surface area contributed by atoms with Crippen molar-refractivity contribution < 1.29 is 9.90 Å². The molecule has 1 N–H and O–H groups in total. The van der Waals surface area contributed by atoms with E-state index in [0.717, 1.165) is 47.3 Å². The molecule has 192 valence electrons. The molecule has 37 heavy (non-hydrogen) atoms. The van der Waals surface area contributed by atoms with Gasteiger partial charge in [-0.3, -0.25) is 9.78 Å². The van der Waals surface area contributed by atoms with Crippen LogP contribution in [0.3, 0.4) is 0 Å². The second kappa shape index (κ2) is 11.4. The lowest BCUT2D eigenvalue weighted by Crippen LogP contribution is -2.44. The van der Waals surface area contributed by atoms with Crippen LogP contribution in [0.2, 0.25) is 5.02 Å². The summed E-state index contributed by atoms with van der Waals surface area (Å²) in [6, 6.07) is 9.36. The number of pyridine rings is 1. The van der Waals surface area contributed by atoms with Gasteiger partial charge in [0.25, 0.3) is 5.91 Å². The molecule has 1 amide bonds. The number of carbonyl (C=O) groups excluding carboxylic acids is 1. The fourth-order valence-corrected chi connectivity index (χ4v) is 4.94. The molecule has 0 spiro atoms. The van der Waals surface area contributed by atoms with E-state index in [2.05, 4.69) is 33.7 Å². The zero-order valence-electron chi connectivity index (χ0n) is 21.9. The van der Waals surface area contributed by atoms with Gasteiger partial charge in [0.1, 0.15) is 6.33 Å². The van der Waals surface area contributed by atoms with Crippen LogP contribution in [-0.2, 0) is 12.8 Å². The first-order chi connectivity index (χ1) is 17.7. The van der Waals surface area contributed by atoms with Crippen LogP contribution < -0.4 is 0 Å². The summed E-state index contributed by atoms with van der Waals surface area (Å²) >= 11 is 6.65. The van der Waals surface area contributed by atoms with Crippen molar-refractivity contribution in [2.24, 2.45) is 5.92 Å². The zero-order chi connectivity index (χ0) is 26.6. The molecule has 1 saturated heterocycles. The standard InChI is InChI=1S/C30H33ClN4O2/c1-5-23-10-7-20(18-32-23)8-11-25-27(6-2)33-19-34-28(25)21-9-12-24(26(31)17-21)29(36)35-15-13-22(14-16-35)30(3,4)37/h7,9-10,12,17-19,22,37H,5-6,13-16H2,1-4H3. The van der Waals surface area contributed by atoms with Gasteiger partial charge in [0.2, 0.25) is 0 Å². The molecule has 2 aromatic heterocycles. The maximum atomic E-state index is 13.2. The van der Waals surface area contributed by atoms with E-state index in [1.807, 2.05) is 43.9 Å². The molecule has 1 aliphatic rings. The number of nitrogens with zero attached hydrogens (tertiary/aromatic N) is 4. The summed E-state index contributed by atoms with van der Waals surface area (Å²) in [6.45, 7) is 8.97. The van der Waals surface area contributed by atoms with E-state index in [0.29, 0.717) is 35.8 Å². The van der Waals surface area contributed by atoms with Crippen molar-refractivity contribution in [3.05, 3.63) is 76.0 Å². The molecule has 6 nitrogen and oxygen atoms in total. The highest BCUT2D eigenvalue weighted by Crippen LogP contribution is 2.31. The average Bonchev–Trinajstić information content (AvgIpc) is 2.91. The number of halogens is 1. The first kappa shape index (κ1) is 26.8. The predicted molar refractivity (Wildman–Crippen MR) is 146 cm³/mol. The number of likely N-dealkylation sites (tertiary alicyclic amines) is 1. The molecule has 1 aromatic carbocycles. The number of hydrogen-bond donors (Lipinski definition) is 1. The third-order valence-electron chi connectivity index (χ3n) is 7.03. The van der Waals surface area contributed by atoms with E-state index in [-0.39, 0.29) is 11.8 Å². The van der Waals surface area contributed by atoms with Gasteiger partial charge >= 0.3 is 0 Å². The van der Waals surface area contributed by atoms with Gasteiger partial charge in [-0.15, -0.1) is 0 Å². The van der Waals surface area contributed by atoms with Crippen LogP contribution in [0.15, 0.2) is 42.9 Å². The van der Waals surface area contributed by atoms with E-state index in [1.165, 1.54) is 6.33 Å². The van der Waals surface area contributed by atoms with Crippen molar-refractivity contribution in [3.63, 3.8) is 0 Å². The monoisotopic (exact) mass is 516 g/mol. The smallest absolute Gasteiger partial charge is 0.255 e. The number of rotatable bonds is 5. The molecule has 1 aliphatic heterocycles. The third kappa shape index (κ3) is 6.18. The summed E-state index contributed by atoms with van der Waals surface area (Å²) in [5.74, 6) is 6.54. The molecule has 0 atom stereocenters. The minimum absolute atomic E-state index is 0.0919. The van der Waals surface area contributed by atoms with E-state index in [9.17, 15) is 9.90 Å². The summed E-state index contributed by atoms with van der Waals surface area (Å²) in [6.07, 6.45) is 6.44. The SMILES string of the molecule is CCc1ccc(C#Cc2c(CC)ncnc2-c2ccc(C(=O)N3CCC(C(C)(C)O)CC3)c(Cl)c2)cn1. The quantitative estimate of drug-likeness (QED) is 0.463. The Morgan fingerprint density at radius 3 is 2.43 bits per heavy atom. The minimum atomic E-state index is -0.737. The van der Waals surface area contributed by atoms with Crippen molar-refractivity contribution in [2.45, 2.75) is 59.0 Å². The summed E-state index contributed by atoms with van der Waals surface area (Å²) in [5.41, 5.74) is 4.63. The van der Waals surface area contributed by atoms with Crippen molar-refractivity contribution in [3.8, 4) is 23.1 Å². The Bertz CT molecular complexity index is 1330. The molecule has 0 aliphatic carbocycles. The number of aromatic nitrogens is 3. The van der Waals surface area contributed by atoms with Crippen LogP contribution in [0, 0.1) is 17.8 Å². The Hall–Kier alpha value is -3.27. The van der Waals surface area contributed by atoms with Gasteiger partial charge in [-0.1, -0.05) is 43.4 Å². The molecule has 4 rings (SSSR count). The fraction of sp³-hybridized carbons (Fsp3) is 0.400. The Balaban J connectivity index is 1.60. The summed E-state index contributed by atoms with van der Waals surface area (Å²) in [7, 11) is 0. The van der Waals surface area contributed by atoms with Crippen LogP contribution in [0.25, 0.3) is 11.3 Å². The number of hydrogen-bond acceptors (Lipinski definition) is 5. The molecular weight excluding hydrogens is 484 g/mol. The second-order valence-electron chi connectivity index (χ2n) is 9.95. The van der Waals surface area contributed by atoms with E-state index < -0.39 is 5.60 Å². The molecule has 0 radical (unpaired) electrons. The number of aryl methyl sites for hydroxylation is 2. The van der Waals surface area contributed by atoms with Crippen molar-refractivity contribution in [1.29, 1.82) is 0 Å².